The second-order valence-corrected chi connectivity index (χ2v) is 7.84. The van der Waals surface area contributed by atoms with Gasteiger partial charge in [0.25, 0.3) is 5.69 Å². The number of anilines is 1. The number of nitro benzene ring substituents is 1. The molecule has 0 aliphatic heterocycles. The molecule has 0 spiro atoms. The lowest BCUT2D eigenvalue weighted by molar-refractivity contribution is -0.384. The molecule has 0 bridgehead atoms. The van der Waals surface area contributed by atoms with Crippen LogP contribution in [0.2, 0.25) is 0 Å². The molecule has 3 aromatic rings. The molecular formula is C20H13BrF6N4O4. The van der Waals surface area contributed by atoms with Crippen molar-refractivity contribution in [2.75, 3.05) is 5.32 Å². The number of aromatic nitrogens is 2. The molecule has 0 fully saturated rings. The maximum absolute atomic E-state index is 13.0. The van der Waals surface area contributed by atoms with Gasteiger partial charge in [0.05, 0.1) is 32.4 Å². The van der Waals surface area contributed by atoms with Gasteiger partial charge in [0.2, 0.25) is 5.91 Å². The van der Waals surface area contributed by atoms with Crippen LogP contribution in [0, 0.1) is 17.0 Å². The molecule has 0 atom stereocenters. The van der Waals surface area contributed by atoms with Gasteiger partial charge in [-0.1, -0.05) is 6.07 Å². The fourth-order valence-electron chi connectivity index (χ4n) is 2.89. The van der Waals surface area contributed by atoms with Crippen LogP contribution in [-0.2, 0) is 23.7 Å². The van der Waals surface area contributed by atoms with E-state index in [9.17, 15) is 41.3 Å². The first-order valence-corrected chi connectivity index (χ1v) is 10.2. The molecule has 8 nitrogen and oxygen atoms in total. The molecule has 1 aromatic heterocycles. The maximum Gasteiger partial charge on any atom is 0.436 e. The Labute approximate surface area is 200 Å². The number of nitrogens with one attached hydrogen (secondary N) is 1. The minimum atomic E-state index is -4.76. The molecule has 15 heteroatoms. The Hall–Kier alpha value is -3.62. The Bertz CT molecular complexity index is 1290. The van der Waals surface area contributed by atoms with Gasteiger partial charge < -0.3 is 10.1 Å². The first kappa shape index (κ1) is 26.0. The van der Waals surface area contributed by atoms with Crippen LogP contribution in [0.15, 0.2) is 46.9 Å². The van der Waals surface area contributed by atoms with Gasteiger partial charge in [0, 0.05) is 12.1 Å². The molecule has 1 heterocycles. The SMILES string of the molecule is Cc1c(Br)c(C(F)(F)F)nn1CC(=O)Nc1cc(Oc2cccc(C(F)(F)F)c2)cc([N+](=O)[O-])c1. The third-order valence-electron chi connectivity index (χ3n) is 4.48. The highest BCUT2D eigenvalue weighted by atomic mass is 79.9. The zero-order valence-corrected chi connectivity index (χ0v) is 19.0. The van der Waals surface area contributed by atoms with Crippen LogP contribution >= 0.6 is 15.9 Å². The van der Waals surface area contributed by atoms with Crippen molar-refractivity contribution in [2.24, 2.45) is 0 Å². The number of hydrogen-bond donors (Lipinski definition) is 1. The third-order valence-corrected chi connectivity index (χ3v) is 5.43. The van der Waals surface area contributed by atoms with E-state index in [2.05, 4.69) is 26.3 Å². The van der Waals surface area contributed by atoms with Gasteiger partial charge >= 0.3 is 12.4 Å². The van der Waals surface area contributed by atoms with Crippen LogP contribution in [0.3, 0.4) is 0 Å². The summed E-state index contributed by atoms with van der Waals surface area (Å²) >= 11 is 2.78. The molecule has 0 saturated heterocycles. The fourth-order valence-corrected chi connectivity index (χ4v) is 3.40. The monoisotopic (exact) mass is 566 g/mol. The lowest BCUT2D eigenvalue weighted by Crippen LogP contribution is -2.21. The van der Waals surface area contributed by atoms with Crippen molar-refractivity contribution in [1.82, 2.24) is 9.78 Å². The average Bonchev–Trinajstić information content (AvgIpc) is 3.01. The van der Waals surface area contributed by atoms with Crippen molar-refractivity contribution in [2.45, 2.75) is 25.8 Å². The number of nitro groups is 1. The van der Waals surface area contributed by atoms with Gasteiger partial charge in [0.15, 0.2) is 5.69 Å². The minimum absolute atomic E-state index is 0.0140. The van der Waals surface area contributed by atoms with E-state index in [1.165, 1.54) is 13.0 Å². The first-order valence-electron chi connectivity index (χ1n) is 9.39. The lowest BCUT2D eigenvalue weighted by Gasteiger charge is -2.12. The smallest absolute Gasteiger partial charge is 0.436 e. The highest BCUT2D eigenvalue weighted by Crippen LogP contribution is 2.36. The number of ether oxygens (including phenoxy) is 1. The number of rotatable bonds is 6. The van der Waals surface area contributed by atoms with E-state index in [1.54, 1.807) is 0 Å². The van der Waals surface area contributed by atoms with E-state index in [4.69, 9.17) is 4.74 Å². The molecule has 186 valence electrons. The van der Waals surface area contributed by atoms with Gasteiger partial charge in [-0.2, -0.15) is 31.4 Å². The molecule has 1 N–H and O–H groups in total. The second kappa shape index (κ2) is 9.56. The number of non-ortho nitro benzene ring substituents is 1. The largest absolute Gasteiger partial charge is 0.457 e. The lowest BCUT2D eigenvalue weighted by atomic mass is 10.2. The molecule has 0 aliphatic carbocycles. The molecule has 0 saturated carbocycles. The topological polar surface area (TPSA) is 99.3 Å². The minimum Gasteiger partial charge on any atom is -0.457 e. The zero-order chi connectivity index (χ0) is 26.1. The van der Waals surface area contributed by atoms with Gasteiger partial charge in [-0.3, -0.25) is 19.6 Å². The number of nitrogens with zero attached hydrogens (tertiary/aromatic N) is 3. The number of benzene rings is 2. The second-order valence-electron chi connectivity index (χ2n) is 7.05. The molecule has 35 heavy (non-hydrogen) atoms. The Balaban J connectivity index is 1.84. The number of halogens is 7. The molecule has 3 rings (SSSR count). The summed E-state index contributed by atoms with van der Waals surface area (Å²) in [6.45, 7) is 0.640. The van der Waals surface area contributed by atoms with Crippen molar-refractivity contribution in [3.8, 4) is 11.5 Å². The summed E-state index contributed by atoms with van der Waals surface area (Å²) in [5.41, 5.74) is -2.95. The Morgan fingerprint density at radius 2 is 1.80 bits per heavy atom. The van der Waals surface area contributed by atoms with E-state index >= 15 is 0 Å². The number of alkyl halides is 6. The Morgan fingerprint density at radius 3 is 2.37 bits per heavy atom. The van der Waals surface area contributed by atoms with E-state index in [0.717, 1.165) is 35.0 Å². The highest BCUT2D eigenvalue weighted by Gasteiger charge is 2.38. The van der Waals surface area contributed by atoms with Crippen LogP contribution in [0.25, 0.3) is 0 Å². The van der Waals surface area contributed by atoms with Crippen molar-refractivity contribution in [3.63, 3.8) is 0 Å². The molecule has 0 aliphatic rings. The summed E-state index contributed by atoms with van der Waals surface area (Å²) in [7, 11) is 0. The summed E-state index contributed by atoms with van der Waals surface area (Å²) in [4.78, 5) is 22.8. The van der Waals surface area contributed by atoms with Gasteiger partial charge in [-0.25, -0.2) is 0 Å². The summed E-state index contributed by atoms with van der Waals surface area (Å²) < 4.78 is 83.6. The van der Waals surface area contributed by atoms with Crippen molar-refractivity contribution >= 4 is 33.2 Å². The van der Waals surface area contributed by atoms with Crippen LogP contribution < -0.4 is 10.1 Å². The number of carbonyl (C=O) groups excluding carboxylic acids is 1. The zero-order valence-electron chi connectivity index (χ0n) is 17.4. The Kier molecular flexibility index (Phi) is 7.10. The molecular weight excluding hydrogens is 554 g/mol. The molecule has 2 aromatic carbocycles. The van der Waals surface area contributed by atoms with Crippen molar-refractivity contribution < 1.29 is 40.8 Å². The summed E-state index contributed by atoms with van der Waals surface area (Å²) in [5, 5.41) is 16.9. The highest BCUT2D eigenvalue weighted by molar-refractivity contribution is 9.10. The third kappa shape index (κ3) is 6.29. The predicted octanol–water partition coefficient (Wildman–Crippen LogP) is 6.33. The average molecular weight is 567 g/mol. The number of carbonyl (C=O) groups is 1. The fraction of sp³-hybridized carbons (Fsp3) is 0.200. The first-order chi connectivity index (χ1) is 16.1. The normalized spacial score (nSPS) is 11.9. The van der Waals surface area contributed by atoms with E-state index in [1.807, 2.05) is 0 Å². The summed E-state index contributed by atoms with van der Waals surface area (Å²) in [6, 6.07) is 6.77. The molecule has 0 unspecified atom stereocenters. The van der Waals surface area contributed by atoms with Crippen molar-refractivity contribution in [1.29, 1.82) is 0 Å². The standard InChI is InChI=1S/C20H13BrF6N4O4/c1-10-17(21)18(20(25,26)27)29-30(10)9-16(32)28-12-6-13(31(33)34)8-15(7-12)35-14-4-2-3-11(5-14)19(22,23)24/h2-8H,9H2,1H3,(H,28,32). The Morgan fingerprint density at radius 1 is 1.11 bits per heavy atom. The number of hydrogen-bond acceptors (Lipinski definition) is 5. The summed E-state index contributed by atoms with van der Waals surface area (Å²) in [6.07, 6.45) is -9.41. The predicted molar refractivity (Wildman–Crippen MR) is 113 cm³/mol. The molecule has 1 amide bonds. The van der Waals surface area contributed by atoms with Gasteiger partial charge in [-0.15, -0.1) is 0 Å². The van der Waals surface area contributed by atoms with E-state index in [-0.39, 0.29) is 27.4 Å². The van der Waals surface area contributed by atoms with Crippen LogP contribution in [0.5, 0.6) is 11.5 Å². The van der Waals surface area contributed by atoms with Crippen molar-refractivity contribution in [3.05, 3.63) is 74.0 Å². The van der Waals surface area contributed by atoms with Crippen LogP contribution in [-0.4, -0.2) is 20.6 Å². The quantitative estimate of drug-likeness (QED) is 0.213. The van der Waals surface area contributed by atoms with Crippen LogP contribution in [0.1, 0.15) is 17.0 Å². The maximum atomic E-state index is 13.0. The summed E-state index contributed by atoms with van der Waals surface area (Å²) in [5.74, 6) is -1.40. The van der Waals surface area contributed by atoms with Gasteiger partial charge in [-0.05, 0) is 41.1 Å². The molecule has 0 radical (unpaired) electrons. The number of amides is 1. The van der Waals surface area contributed by atoms with E-state index in [0.29, 0.717) is 6.07 Å². The van der Waals surface area contributed by atoms with Crippen LogP contribution in [0.4, 0.5) is 37.7 Å². The van der Waals surface area contributed by atoms with Gasteiger partial charge in [0.1, 0.15) is 18.0 Å². The van der Waals surface area contributed by atoms with E-state index < -0.39 is 46.7 Å².